The minimum Gasteiger partial charge on any atom is -0.444 e. The third-order valence-electron chi connectivity index (χ3n) is 9.15. The molecule has 4 amide bonds. The summed E-state index contributed by atoms with van der Waals surface area (Å²) in [4.78, 5) is 57.2. The first kappa shape index (κ1) is 33.8. The first-order valence-electron chi connectivity index (χ1n) is 15.4. The van der Waals surface area contributed by atoms with E-state index in [4.69, 9.17) is 33.7 Å². The zero-order chi connectivity index (χ0) is 33.5. The molecule has 3 aliphatic heterocycles. The number of benzene rings is 1. The topological polar surface area (TPSA) is 151 Å². The highest BCUT2D eigenvalue weighted by atomic mass is 35.5. The first-order chi connectivity index (χ1) is 22.5. The standard InChI is InChI=1S/C31H34Cl2FN5O6S2/c32-25-12-24(26(33)46-25)47(44)37-29(42)31-13-18(31)8-4-2-1-3-5-10-22(35)28(41)39-15-19(11-23(39)27(40)36-31)45-30(43)38-14-17-7-6-9-21(34)20(17)16-38/h4,6-9,12,18-19,22-23H,1-3,5,10-11,13-16,35H2,(H,36,40)(H,37,42)/b8-4-. The molecule has 4 heterocycles. The highest BCUT2D eigenvalue weighted by Crippen LogP contribution is 2.46. The summed E-state index contributed by atoms with van der Waals surface area (Å²) in [6.07, 6.45) is 6.09. The predicted molar refractivity (Wildman–Crippen MR) is 174 cm³/mol. The smallest absolute Gasteiger partial charge is 0.410 e. The number of thiophene rings is 1. The van der Waals surface area contributed by atoms with Gasteiger partial charge in [-0.05, 0) is 43.4 Å². The summed E-state index contributed by atoms with van der Waals surface area (Å²) >= 11 is 13.2. The number of hydrogen-bond acceptors (Lipinski definition) is 8. The number of allylic oxidation sites excluding steroid dienone is 1. The van der Waals surface area contributed by atoms with E-state index < -0.39 is 64.3 Å². The number of carbonyl (C=O) groups excluding carboxylic acids is 4. The molecule has 1 saturated carbocycles. The number of hydrogen-bond donors (Lipinski definition) is 3. The van der Waals surface area contributed by atoms with Gasteiger partial charge >= 0.3 is 6.09 Å². The number of carbonyl (C=O) groups is 4. The highest BCUT2D eigenvalue weighted by Gasteiger charge is 2.61. The van der Waals surface area contributed by atoms with Gasteiger partial charge in [0.05, 0.1) is 28.4 Å². The Bertz CT molecular complexity index is 1660. The van der Waals surface area contributed by atoms with Crippen LogP contribution in [0.3, 0.4) is 0 Å². The van der Waals surface area contributed by atoms with Crippen molar-refractivity contribution in [1.82, 2.24) is 19.8 Å². The van der Waals surface area contributed by atoms with E-state index in [0.717, 1.165) is 30.6 Å². The molecule has 1 aliphatic carbocycles. The van der Waals surface area contributed by atoms with Gasteiger partial charge in [-0.25, -0.2) is 13.4 Å². The first-order valence-corrected chi connectivity index (χ1v) is 18.1. The van der Waals surface area contributed by atoms with Crippen LogP contribution in [0.4, 0.5) is 9.18 Å². The Morgan fingerprint density at radius 1 is 1.19 bits per heavy atom. The summed E-state index contributed by atoms with van der Waals surface area (Å²) in [6, 6.07) is 4.11. The van der Waals surface area contributed by atoms with Crippen LogP contribution in [0.15, 0.2) is 41.3 Å². The van der Waals surface area contributed by atoms with Crippen LogP contribution < -0.4 is 15.8 Å². The van der Waals surface area contributed by atoms with Crippen LogP contribution in [0, 0.1) is 11.7 Å². The van der Waals surface area contributed by atoms with Gasteiger partial charge in [-0.1, -0.05) is 60.3 Å². The number of nitrogens with zero attached hydrogens (tertiary/aromatic N) is 2. The lowest BCUT2D eigenvalue weighted by Gasteiger charge is -2.28. The largest absolute Gasteiger partial charge is 0.444 e. The lowest BCUT2D eigenvalue weighted by atomic mass is 10.1. The van der Waals surface area contributed by atoms with Crippen LogP contribution in [0.1, 0.15) is 56.1 Å². The van der Waals surface area contributed by atoms with E-state index in [0.29, 0.717) is 28.3 Å². The second-order valence-corrected chi connectivity index (χ2v) is 15.8. The molecule has 1 saturated heterocycles. The quantitative estimate of drug-likeness (QED) is 0.400. The maximum atomic E-state index is 14.3. The lowest BCUT2D eigenvalue weighted by molar-refractivity contribution is -0.140. The van der Waals surface area contributed by atoms with Gasteiger partial charge in [0, 0.05) is 24.4 Å². The van der Waals surface area contributed by atoms with Gasteiger partial charge < -0.3 is 20.7 Å². The van der Waals surface area contributed by atoms with Gasteiger partial charge in [-0.15, -0.1) is 11.3 Å². The molecule has 4 aliphatic rings. The minimum absolute atomic E-state index is 0.0294. The molecular formula is C31H34Cl2FN5O6S2. The third kappa shape index (κ3) is 7.07. The van der Waals surface area contributed by atoms with Crippen molar-refractivity contribution >= 4 is 69.3 Å². The van der Waals surface area contributed by atoms with Crippen molar-refractivity contribution in [1.29, 1.82) is 0 Å². The number of amides is 4. The van der Waals surface area contributed by atoms with Crippen LogP contribution in [-0.2, 0) is 43.2 Å². The molecule has 6 unspecified atom stereocenters. The van der Waals surface area contributed by atoms with E-state index in [-0.39, 0.29) is 47.6 Å². The molecule has 0 radical (unpaired) electrons. The Balaban J connectivity index is 1.20. The molecule has 252 valence electrons. The average molecular weight is 727 g/mol. The summed E-state index contributed by atoms with van der Waals surface area (Å²) in [5, 5.41) is 2.85. The Morgan fingerprint density at radius 2 is 2.00 bits per heavy atom. The van der Waals surface area contributed by atoms with E-state index in [2.05, 4.69) is 10.0 Å². The van der Waals surface area contributed by atoms with Crippen molar-refractivity contribution in [3.05, 3.63) is 62.0 Å². The van der Waals surface area contributed by atoms with Gasteiger partial charge in [-0.3, -0.25) is 24.0 Å². The SMILES string of the molecule is NC1CCCCC/C=C\C2CC2(C(=O)NS(=O)c2cc(Cl)sc2Cl)NC(=O)C2CC(OC(=O)N3Cc4cccc(F)c4C3)CN2C1=O. The molecule has 2 fully saturated rings. The lowest BCUT2D eigenvalue weighted by Crippen LogP contribution is -2.57. The summed E-state index contributed by atoms with van der Waals surface area (Å²) < 4.78 is 36.0. The number of fused-ring (bicyclic) bond motifs is 3. The van der Waals surface area contributed by atoms with Crippen molar-refractivity contribution in [3.63, 3.8) is 0 Å². The average Bonchev–Trinajstić information content (AvgIpc) is 3.34. The zero-order valence-electron chi connectivity index (χ0n) is 25.2. The van der Waals surface area contributed by atoms with Crippen LogP contribution >= 0.6 is 34.5 Å². The predicted octanol–water partition coefficient (Wildman–Crippen LogP) is 4.18. The van der Waals surface area contributed by atoms with Crippen LogP contribution in [0.2, 0.25) is 8.67 Å². The molecule has 0 spiro atoms. The minimum atomic E-state index is -2.04. The van der Waals surface area contributed by atoms with Crippen molar-refractivity contribution in [2.75, 3.05) is 6.54 Å². The highest BCUT2D eigenvalue weighted by molar-refractivity contribution is 7.84. The van der Waals surface area contributed by atoms with Crippen molar-refractivity contribution < 1.29 is 32.5 Å². The summed E-state index contributed by atoms with van der Waals surface area (Å²) in [5.41, 5.74) is 5.98. The summed E-state index contributed by atoms with van der Waals surface area (Å²) in [7, 11) is -2.04. The van der Waals surface area contributed by atoms with Crippen LogP contribution in [-0.4, -0.2) is 68.1 Å². The van der Waals surface area contributed by atoms with Gasteiger partial charge in [0.25, 0.3) is 5.91 Å². The maximum absolute atomic E-state index is 14.3. The Hall–Kier alpha value is -3.04. The molecular weight excluding hydrogens is 692 g/mol. The number of halogens is 3. The fourth-order valence-electron chi connectivity index (χ4n) is 6.47. The number of nitrogens with two attached hydrogens (primary N) is 1. The van der Waals surface area contributed by atoms with Crippen molar-refractivity contribution in [2.24, 2.45) is 11.7 Å². The number of ether oxygens (including phenoxy) is 1. The molecule has 16 heteroatoms. The number of rotatable bonds is 4. The Kier molecular flexibility index (Phi) is 9.96. The van der Waals surface area contributed by atoms with Crippen molar-refractivity contribution in [3.8, 4) is 0 Å². The zero-order valence-corrected chi connectivity index (χ0v) is 28.4. The molecule has 11 nitrogen and oxygen atoms in total. The molecule has 47 heavy (non-hydrogen) atoms. The summed E-state index contributed by atoms with van der Waals surface area (Å²) in [6.45, 7) is 0.143. The van der Waals surface area contributed by atoms with E-state index in [9.17, 15) is 27.8 Å². The number of nitrogens with one attached hydrogen (secondary N) is 2. The van der Waals surface area contributed by atoms with E-state index in [1.54, 1.807) is 12.1 Å². The van der Waals surface area contributed by atoms with Gasteiger partial charge in [0.15, 0.2) is 11.0 Å². The van der Waals surface area contributed by atoms with E-state index in [1.807, 2.05) is 12.2 Å². The second kappa shape index (κ2) is 13.8. The monoisotopic (exact) mass is 725 g/mol. The van der Waals surface area contributed by atoms with Crippen molar-refractivity contribution in [2.45, 2.75) is 86.7 Å². The second-order valence-electron chi connectivity index (χ2n) is 12.3. The van der Waals surface area contributed by atoms with Gasteiger partial charge in [0.1, 0.15) is 27.8 Å². The molecule has 4 N–H and O–H groups in total. The molecule has 2 aromatic rings. The molecule has 6 atom stereocenters. The molecule has 6 rings (SSSR count). The van der Waals surface area contributed by atoms with E-state index >= 15 is 0 Å². The molecule has 1 aromatic heterocycles. The van der Waals surface area contributed by atoms with Gasteiger partial charge in [-0.2, -0.15) is 0 Å². The van der Waals surface area contributed by atoms with E-state index in [1.165, 1.54) is 21.9 Å². The third-order valence-corrected chi connectivity index (χ3v) is 12.0. The fraction of sp³-hybridized carbons (Fsp3) is 0.484. The Morgan fingerprint density at radius 3 is 2.74 bits per heavy atom. The normalized spacial score (nSPS) is 29.0. The molecule has 0 bridgehead atoms. The summed E-state index contributed by atoms with van der Waals surface area (Å²) in [5.74, 6) is -2.53. The fourth-order valence-corrected chi connectivity index (χ4v) is 9.27. The maximum Gasteiger partial charge on any atom is 0.410 e. The molecule has 1 aromatic carbocycles. The Labute approximate surface area is 287 Å². The van der Waals surface area contributed by atoms with Crippen LogP contribution in [0.25, 0.3) is 0 Å². The van der Waals surface area contributed by atoms with Gasteiger partial charge in [0.2, 0.25) is 11.8 Å². The van der Waals surface area contributed by atoms with Crippen LogP contribution in [0.5, 0.6) is 0 Å².